The lowest BCUT2D eigenvalue weighted by atomic mass is 10.1. The Labute approximate surface area is 164 Å². The van der Waals surface area contributed by atoms with Gasteiger partial charge < -0.3 is 9.80 Å². The van der Waals surface area contributed by atoms with Crippen molar-refractivity contribution in [3.63, 3.8) is 0 Å². The molecule has 0 N–H and O–H groups in total. The summed E-state index contributed by atoms with van der Waals surface area (Å²) < 4.78 is 0.910. The highest BCUT2D eigenvalue weighted by molar-refractivity contribution is 9.10. The van der Waals surface area contributed by atoms with Crippen LogP contribution in [0.2, 0.25) is 5.02 Å². The van der Waals surface area contributed by atoms with E-state index in [0.29, 0.717) is 23.7 Å². The Balaban J connectivity index is 1.50. The molecular formula is C19H16BrClN4O. The van der Waals surface area contributed by atoms with Crippen molar-refractivity contribution < 1.29 is 4.79 Å². The van der Waals surface area contributed by atoms with Gasteiger partial charge in [0.2, 0.25) is 0 Å². The van der Waals surface area contributed by atoms with Crippen molar-refractivity contribution in [2.75, 3.05) is 31.1 Å². The van der Waals surface area contributed by atoms with Crippen LogP contribution in [-0.2, 0) is 0 Å². The second-order valence-corrected chi connectivity index (χ2v) is 7.49. The van der Waals surface area contributed by atoms with Gasteiger partial charge in [-0.15, -0.1) is 0 Å². The Bertz CT molecular complexity index is 955. The fourth-order valence-electron chi connectivity index (χ4n) is 3.17. The summed E-state index contributed by atoms with van der Waals surface area (Å²) in [6.45, 7) is 2.86. The van der Waals surface area contributed by atoms with Crippen LogP contribution in [0.25, 0.3) is 11.0 Å². The molecule has 0 unspecified atom stereocenters. The van der Waals surface area contributed by atoms with Crippen molar-refractivity contribution in [3.05, 3.63) is 63.9 Å². The van der Waals surface area contributed by atoms with Gasteiger partial charge in [-0.2, -0.15) is 0 Å². The summed E-state index contributed by atoms with van der Waals surface area (Å²) in [7, 11) is 0. The average Bonchev–Trinajstić information content (AvgIpc) is 2.67. The zero-order chi connectivity index (χ0) is 18.1. The van der Waals surface area contributed by atoms with Gasteiger partial charge in [-0.05, 0) is 52.3 Å². The number of hydrogen-bond acceptors (Lipinski definition) is 4. The molecule has 0 saturated carbocycles. The van der Waals surface area contributed by atoms with E-state index in [9.17, 15) is 4.79 Å². The summed E-state index contributed by atoms with van der Waals surface area (Å²) in [5.74, 6) is 0.0444. The van der Waals surface area contributed by atoms with Crippen LogP contribution in [0.5, 0.6) is 0 Å². The summed E-state index contributed by atoms with van der Waals surface area (Å²) in [5.41, 5.74) is 3.47. The van der Waals surface area contributed by atoms with Crippen molar-refractivity contribution in [2.45, 2.75) is 0 Å². The molecule has 0 spiro atoms. The first kappa shape index (κ1) is 17.2. The minimum Gasteiger partial charge on any atom is -0.366 e. The minimum atomic E-state index is 0.0444. The smallest absolute Gasteiger partial charge is 0.253 e. The Morgan fingerprint density at radius 2 is 1.77 bits per heavy atom. The molecule has 2 aromatic heterocycles. The predicted octanol–water partition coefficient (Wildman–Crippen LogP) is 4.01. The fraction of sp³-hybridized carbons (Fsp3) is 0.211. The molecule has 4 rings (SSSR count). The molecule has 1 amide bonds. The van der Waals surface area contributed by atoms with Crippen molar-refractivity contribution >= 4 is 50.2 Å². The van der Waals surface area contributed by atoms with Crippen molar-refractivity contribution in [3.8, 4) is 0 Å². The van der Waals surface area contributed by atoms with Gasteiger partial charge in [0.1, 0.15) is 5.52 Å². The lowest BCUT2D eigenvalue weighted by Gasteiger charge is -2.36. The van der Waals surface area contributed by atoms with E-state index in [1.54, 1.807) is 36.7 Å². The van der Waals surface area contributed by atoms with Crippen LogP contribution in [0, 0.1) is 0 Å². The maximum absolute atomic E-state index is 12.6. The topological polar surface area (TPSA) is 49.3 Å². The highest BCUT2D eigenvalue weighted by atomic mass is 79.9. The highest BCUT2D eigenvalue weighted by Crippen LogP contribution is 2.26. The molecule has 0 aliphatic carbocycles. The van der Waals surface area contributed by atoms with Crippen LogP contribution in [-0.4, -0.2) is 47.0 Å². The van der Waals surface area contributed by atoms with E-state index in [1.165, 1.54) is 0 Å². The number of aromatic nitrogens is 2. The zero-order valence-corrected chi connectivity index (χ0v) is 16.2. The summed E-state index contributed by atoms with van der Waals surface area (Å²) >= 11 is 9.34. The van der Waals surface area contributed by atoms with Crippen LogP contribution < -0.4 is 4.90 Å². The number of hydrogen-bond donors (Lipinski definition) is 0. The van der Waals surface area contributed by atoms with Crippen LogP contribution in [0.15, 0.2) is 53.3 Å². The number of benzene rings is 1. The number of piperazine rings is 1. The molecule has 7 heteroatoms. The number of pyridine rings is 2. The summed E-state index contributed by atoms with van der Waals surface area (Å²) in [6, 6.07) is 11.0. The summed E-state index contributed by atoms with van der Waals surface area (Å²) in [4.78, 5) is 25.7. The molecule has 3 heterocycles. The number of fused-ring (bicyclic) bond motifs is 1. The molecule has 3 aromatic rings. The normalized spacial score (nSPS) is 14.7. The molecular weight excluding hydrogens is 416 g/mol. The molecule has 0 radical (unpaired) electrons. The van der Waals surface area contributed by atoms with Gasteiger partial charge in [0.25, 0.3) is 5.91 Å². The average molecular weight is 432 g/mol. The Morgan fingerprint density at radius 1 is 1.04 bits per heavy atom. The molecule has 1 fully saturated rings. The van der Waals surface area contributed by atoms with Crippen LogP contribution >= 0.6 is 27.5 Å². The first-order valence-electron chi connectivity index (χ1n) is 8.32. The number of anilines is 1. The molecule has 5 nitrogen and oxygen atoms in total. The van der Waals surface area contributed by atoms with Crippen molar-refractivity contribution in [1.82, 2.24) is 14.9 Å². The third kappa shape index (κ3) is 3.39. The van der Waals surface area contributed by atoms with E-state index in [1.807, 2.05) is 17.0 Å². The van der Waals surface area contributed by atoms with Crippen LogP contribution in [0.1, 0.15) is 10.4 Å². The van der Waals surface area contributed by atoms with E-state index in [0.717, 1.165) is 34.3 Å². The molecule has 1 aliphatic rings. The first-order chi connectivity index (χ1) is 12.6. The Kier molecular flexibility index (Phi) is 4.78. The molecule has 1 aromatic carbocycles. The molecule has 0 bridgehead atoms. The van der Waals surface area contributed by atoms with Crippen molar-refractivity contribution in [2.24, 2.45) is 0 Å². The number of carbonyl (C=O) groups excluding carboxylic acids is 1. The van der Waals surface area contributed by atoms with Crippen LogP contribution in [0.4, 0.5) is 5.69 Å². The third-order valence-corrected chi connectivity index (χ3v) is 5.21. The summed E-state index contributed by atoms with van der Waals surface area (Å²) in [6.07, 6.45) is 3.59. The van der Waals surface area contributed by atoms with Gasteiger partial charge >= 0.3 is 0 Å². The van der Waals surface area contributed by atoms with Gasteiger partial charge in [0, 0.05) is 53.6 Å². The van der Waals surface area contributed by atoms with E-state index >= 15 is 0 Å². The van der Waals surface area contributed by atoms with E-state index in [-0.39, 0.29) is 5.91 Å². The number of nitrogens with zero attached hydrogens (tertiary/aromatic N) is 4. The first-order valence-corrected chi connectivity index (χ1v) is 9.49. The van der Waals surface area contributed by atoms with Crippen molar-refractivity contribution in [1.29, 1.82) is 0 Å². The van der Waals surface area contributed by atoms with E-state index < -0.39 is 0 Å². The maximum atomic E-state index is 12.6. The monoisotopic (exact) mass is 430 g/mol. The fourth-order valence-corrected chi connectivity index (χ4v) is 3.62. The summed E-state index contributed by atoms with van der Waals surface area (Å²) in [5, 5.41) is 0.634. The van der Waals surface area contributed by atoms with Gasteiger partial charge in [-0.3, -0.25) is 14.8 Å². The predicted molar refractivity (Wildman–Crippen MR) is 107 cm³/mol. The molecule has 0 atom stereocenters. The quantitative estimate of drug-likeness (QED) is 0.615. The Morgan fingerprint density at radius 3 is 2.50 bits per heavy atom. The zero-order valence-electron chi connectivity index (χ0n) is 13.9. The third-order valence-electron chi connectivity index (χ3n) is 4.52. The standard InChI is InChI=1S/C19H16BrClN4O/c20-14-11-16-18(23-12-14)17(5-6-22-16)24-7-9-25(10-8-24)19(26)13-1-3-15(21)4-2-13/h1-6,11-12H,7-10H2. The lowest BCUT2D eigenvalue weighted by molar-refractivity contribution is 0.0747. The number of amides is 1. The Hall–Kier alpha value is -2.18. The minimum absolute atomic E-state index is 0.0444. The molecule has 1 aliphatic heterocycles. The van der Waals surface area contributed by atoms with Gasteiger partial charge in [0.05, 0.1) is 11.2 Å². The highest BCUT2D eigenvalue weighted by Gasteiger charge is 2.23. The number of rotatable bonds is 2. The largest absolute Gasteiger partial charge is 0.366 e. The number of halogens is 2. The van der Waals surface area contributed by atoms with E-state index in [4.69, 9.17) is 11.6 Å². The van der Waals surface area contributed by atoms with Gasteiger partial charge in [-0.25, -0.2) is 0 Å². The van der Waals surface area contributed by atoms with E-state index in [2.05, 4.69) is 30.8 Å². The molecule has 132 valence electrons. The molecule has 26 heavy (non-hydrogen) atoms. The van der Waals surface area contributed by atoms with Gasteiger partial charge in [0.15, 0.2) is 0 Å². The lowest BCUT2D eigenvalue weighted by Crippen LogP contribution is -2.48. The maximum Gasteiger partial charge on any atom is 0.253 e. The van der Waals surface area contributed by atoms with Crippen LogP contribution in [0.3, 0.4) is 0 Å². The van der Waals surface area contributed by atoms with Gasteiger partial charge in [-0.1, -0.05) is 11.6 Å². The molecule has 1 saturated heterocycles. The second-order valence-electron chi connectivity index (χ2n) is 6.14. The second kappa shape index (κ2) is 7.21. The number of carbonyl (C=O) groups is 1. The SMILES string of the molecule is O=C(c1ccc(Cl)cc1)N1CCN(c2ccnc3cc(Br)cnc23)CC1.